The second kappa shape index (κ2) is 31.1. The number of amides is 8. The summed E-state index contributed by atoms with van der Waals surface area (Å²) in [5, 5.41) is 28.9. The van der Waals surface area contributed by atoms with E-state index in [0.29, 0.717) is 37.0 Å². The standard InChI is InChI=1S/C64H87N11O10S/c1-8-39(6)55(61(81)71-51(30-37(2)3)63(83)75-28-17-25-54(75)59(79)69-49(32-40-18-10-9-11-19-40)57(77)72-52(64(84)85)31-38(4)5)73-58(78)50(34-42-36-67-47-23-15-13-21-44(42)47)70-60(80)53-24-16-27-74(53)62(82)48(26-29-86-7)68-56(76)45(65)33-41-35-66-46-22-14-12-20-43(41)46/h9-15,18-23,35-39,45,48-55,66-67H,8,16-17,24-34,65H2,1-7H3,(H,68,76)(H,69,79)(H,70,80)(H,71,81)(H,72,77)(H,73,78)(H,84,85)/t39-,45-,48-,49-,50-,51-,52-,53-,54-,55-/m0/s1. The quantitative estimate of drug-likeness (QED) is 0.0295. The van der Waals surface area contributed by atoms with E-state index in [9.17, 15) is 48.3 Å². The van der Waals surface area contributed by atoms with Crippen molar-refractivity contribution in [3.8, 4) is 0 Å². The number of thioether (sulfide) groups is 1. The minimum absolute atomic E-state index is 0.00333. The summed E-state index contributed by atoms with van der Waals surface area (Å²) in [6, 6.07) is 14.3. The predicted octanol–water partition coefficient (Wildman–Crippen LogP) is 4.87. The lowest BCUT2D eigenvalue weighted by Crippen LogP contribution is -2.61. The number of rotatable bonds is 30. The number of nitrogens with zero attached hydrogens (tertiary/aromatic N) is 2. The molecular weight excluding hydrogens is 1110 g/mol. The Morgan fingerprint density at radius 3 is 1.59 bits per heavy atom. The molecule has 11 N–H and O–H groups in total. The molecule has 2 aliphatic rings. The highest BCUT2D eigenvalue weighted by Crippen LogP contribution is 2.26. The number of benzene rings is 3. The van der Waals surface area contributed by atoms with Crippen LogP contribution in [0.15, 0.2) is 91.3 Å². The molecule has 2 aliphatic heterocycles. The third-order valence-corrected chi connectivity index (χ3v) is 17.1. The molecule has 7 rings (SSSR count). The molecule has 0 bridgehead atoms. The van der Waals surface area contributed by atoms with Crippen LogP contribution in [-0.4, -0.2) is 158 Å². The number of carboxylic acid groups (broad SMARTS) is 1. The minimum atomic E-state index is -1.26. The number of fused-ring (bicyclic) bond motifs is 2. The fourth-order valence-electron chi connectivity index (χ4n) is 11.6. The molecule has 10 atom stereocenters. The normalized spacial score (nSPS) is 17.9. The van der Waals surface area contributed by atoms with Crippen molar-refractivity contribution in [1.82, 2.24) is 51.7 Å². The third-order valence-electron chi connectivity index (χ3n) is 16.4. The summed E-state index contributed by atoms with van der Waals surface area (Å²) in [6.07, 6.45) is 8.32. The van der Waals surface area contributed by atoms with Crippen molar-refractivity contribution in [2.45, 2.75) is 167 Å². The van der Waals surface area contributed by atoms with Gasteiger partial charge in [-0.05, 0) is 110 Å². The average Bonchev–Trinajstić information content (AvgIpc) is 2.90. The predicted molar refractivity (Wildman–Crippen MR) is 332 cm³/mol. The van der Waals surface area contributed by atoms with E-state index in [0.717, 1.165) is 32.9 Å². The number of hydrogen-bond acceptors (Lipinski definition) is 11. The fraction of sp³-hybridized carbons (Fsp3) is 0.516. The molecule has 464 valence electrons. The Hall–Kier alpha value is -7.72. The number of nitrogens with two attached hydrogens (primary N) is 1. The summed E-state index contributed by atoms with van der Waals surface area (Å²) in [5.41, 5.74) is 10.5. The van der Waals surface area contributed by atoms with Crippen LogP contribution in [0.25, 0.3) is 21.8 Å². The zero-order valence-electron chi connectivity index (χ0n) is 50.5. The first kappa shape index (κ1) is 65.8. The van der Waals surface area contributed by atoms with E-state index in [1.165, 1.54) is 21.6 Å². The zero-order valence-corrected chi connectivity index (χ0v) is 51.3. The Bertz CT molecular complexity index is 3170. The van der Waals surface area contributed by atoms with Crippen molar-refractivity contribution in [2.75, 3.05) is 25.1 Å². The van der Waals surface area contributed by atoms with Crippen LogP contribution in [0, 0.1) is 17.8 Å². The number of carbonyl (C=O) groups excluding carboxylic acids is 8. The summed E-state index contributed by atoms with van der Waals surface area (Å²) in [5.74, 6) is -5.97. The van der Waals surface area contributed by atoms with E-state index < -0.39 is 114 Å². The molecule has 2 fully saturated rings. The van der Waals surface area contributed by atoms with Crippen LogP contribution in [0.2, 0.25) is 0 Å². The number of likely N-dealkylation sites (tertiary alicyclic amines) is 2. The number of H-pyrrole nitrogens is 2. The summed E-state index contributed by atoms with van der Waals surface area (Å²) < 4.78 is 0. The lowest BCUT2D eigenvalue weighted by atomic mass is 9.95. The molecule has 22 heteroatoms. The van der Waals surface area contributed by atoms with E-state index in [1.807, 2.05) is 102 Å². The molecule has 86 heavy (non-hydrogen) atoms. The lowest BCUT2D eigenvalue weighted by Gasteiger charge is -2.33. The van der Waals surface area contributed by atoms with Crippen molar-refractivity contribution < 1.29 is 48.3 Å². The molecule has 0 spiro atoms. The Morgan fingerprint density at radius 2 is 1.06 bits per heavy atom. The van der Waals surface area contributed by atoms with E-state index in [4.69, 9.17) is 5.73 Å². The van der Waals surface area contributed by atoms with Gasteiger partial charge in [0.05, 0.1) is 6.04 Å². The molecule has 0 radical (unpaired) electrons. The number of hydrogen-bond donors (Lipinski definition) is 10. The fourth-order valence-corrected chi connectivity index (χ4v) is 12.1. The number of para-hydroxylation sites is 2. The largest absolute Gasteiger partial charge is 0.480 e. The van der Waals surface area contributed by atoms with Crippen LogP contribution in [0.4, 0.5) is 0 Å². The van der Waals surface area contributed by atoms with Crippen LogP contribution in [-0.2, 0) is 62.4 Å². The van der Waals surface area contributed by atoms with Gasteiger partial charge >= 0.3 is 5.97 Å². The first-order chi connectivity index (χ1) is 41.2. The summed E-state index contributed by atoms with van der Waals surface area (Å²) in [4.78, 5) is 137. The Kier molecular flexibility index (Phi) is 23.8. The smallest absolute Gasteiger partial charge is 0.326 e. The maximum absolute atomic E-state index is 15.0. The van der Waals surface area contributed by atoms with Gasteiger partial charge in [-0.15, -0.1) is 0 Å². The van der Waals surface area contributed by atoms with Crippen molar-refractivity contribution >= 4 is 86.8 Å². The van der Waals surface area contributed by atoms with Crippen molar-refractivity contribution in [3.05, 3.63) is 108 Å². The maximum atomic E-state index is 15.0. The number of carbonyl (C=O) groups is 9. The van der Waals surface area contributed by atoms with Crippen molar-refractivity contribution in [1.29, 1.82) is 0 Å². The number of carboxylic acids is 1. The molecule has 0 unspecified atom stereocenters. The van der Waals surface area contributed by atoms with E-state index in [2.05, 4.69) is 41.9 Å². The Morgan fingerprint density at radius 1 is 0.581 bits per heavy atom. The first-order valence-electron chi connectivity index (χ1n) is 30.2. The van der Waals surface area contributed by atoms with Gasteiger partial charge < -0.3 is 62.5 Å². The van der Waals surface area contributed by atoms with Crippen LogP contribution in [0.1, 0.15) is 110 Å². The number of aliphatic carboxylic acids is 1. The molecule has 3 aromatic carbocycles. The third kappa shape index (κ3) is 17.3. The topological polar surface area (TPSA) is 310 Å². The van der Waals surface area contributed by atoms with Gasteiger partial charge in [0.25, 0.3) is 0 Å². The van der Waals surface area contributed by atoms with Crippen LogP contribution in [0.3, 0.4) is 0 Å². The summed E-state index contributed by atoms with van der Waals surface area (Å²) >= 11 is 1.51. The maximum Gasteiger partial charge on any atom is 0.326 e. The van der Waals surface area contributed by atoms with Gasteiger partial charge in [0.15, 0.2) is 0 Å². The Labute approximate surface area is 507 Å². The van der Waals surface area contributed by atoms with Gasteiger partial charge in [-0.25, -0.2) is 4.79 Å². The SMILES string of the molecule is CC[C@H](C)[C@H](NC(=O)[C@H](Cc1c[nH]c2ccccc12)NC(=O)[C@@H]1CCCN1C(=O)[C@H](CCSC)NC(=O)[C@@H](N)Cc1c[nH]c2ccccc12)C(=O)N[C@@H](CC(C)C)C(=O)N1CCC[C@H]1C(=O)N[C@@H](Cc1ccccc1)C(=O)N[C@@H](CC(C)C)C(=O)O. The zero-order chi connectivity index (χ0) is 62.2. The number of nitrogens with one attached hydrogen (secondary N) is 8. The van der Waals surface area contributed by atoms with Gasteiger partial charge in [-0.3, -0.25) is 38.4 Å². The van der Waals surface area contributed by atoms with Crippen LogP contribution < -0.4 is 37.6 Å². The molecular formula is C64H87N11O10S. The molecule has 5 aromatic rings. The van der Waals surface area contributed by atoms with Gasteiger partial charge in [0, 0.05) is 60.1 Å². The average molecular weight is 1200 g/mol. The van der Waals surface area contributed by atoms with Gasteiger partial charge in [0.2, 0.25) is 47.3 Å². The van der Waals surface area contributed by atoms with E-state index >= 15 is 0 Å². The Balaban J connectivity index is 1.07. The van der Waals surface area contributed by atoms with Crippen LogP contribution in [0.5, 0.6) is 0 Å². The molecule has 0 aliphatic carbocycles. The van der Waals surface area contributed by atoms with E-state index in [1.54, 1.807) is 37.4 Å². The number of aromatic amines is 2. The highest BCUT2D eigenvalue weighted by Gasteiger charge is 2.43. The molecule has 4 heterocycles. The van der Waals surface area contributed by atoms with Gasteiger partial charge in [0.1, 0.15) is 48.3 Å². The summed E-state index contributed by atoms with van der Waals surface area (Å²) in [6.45, 7) is 11.6. The summed E-state index contributed by atoms with van der Waals surface area (Å²) in [7, 11) is 0. The minimum Gasteiger partial charge on any atom is -0.480 e. The van der Waals surface area contributed by atoms with Gasteiger partial charge in [-0.1, -0.05) is 115 Å². The highest BCUT2D eigenvalue weighted by molar-refractivity contribution is 7.98. The molecule has 21 nitrogen and oxygen atoms in total. The monoisotopic (exact) mass is 1200 g/mol. The number of aromatic nitrogens is 2. The van der Waals surface area contributed by atoms with Crippen molar-refractivity contribution in [2.24, 2.45) is 23.5 Å². The van der Waals surface area contributed by atoms with Crippen LogP contribution >= 0.6 is 11.8 Å². The molecule has 0 saturated carbocycles. The highest BCUT2D eigenvalue weighted by atomic mass is 32.2. The van der Waals surface area contributed by atoms with E-state index in [-0.39, 0.29) is 69.9 Å². The van der Waals surface area contributed by atoms with Crippen molar-refractivity contribution in [3.63, 3.8) is 0 Å². The molecule has 8 amide bonds. The first-order valence-corrected chi connectivity index (χ1v) is 31.6. The molecule has 2 saturated heterocycles. The van der Waals surface area contributed by atoms with Gasteiger partial charge in [-0.2, -0.15) is 11.8 Å². The second-order valence-corrected chi connectivity index (χ2v) is 24.8. The lowest BCUT2D eigenvalue weighted by molar-refractivity contribution is -0.144. The second-order valence-electron chi connectivity index (χ2n) is 23.9. The molecule has 2 aromatic heterocycles.